The fourth-order valence-electron chi connectivity index (χ4n) is 3.09. The van der Waals surface area contributed by atoms with Crippen LogP contribution in [0.5, 0.6) is 0 Å². The number of rotatable bonds is 1. The Hall–Kier alpha value is -1.98. The number of nitrogens with two attached hydrogens (primary N) is 1. The Kier molecular flexibility index (Phi) is 3.19. The smallest absolute Gasteiger partial charge is 0.410 e. The Labute approximate surface area is 124 Å². The minimum atomic E-state index is -0.445. The van der Waals surface area contributed by atoms with Gasteiger partial charge in [0.15, 0.2) is 0 Å². The van der Waals surface area contributed by atoms with Crippen molar-refractivity contribution < 1.29 is 9.53 Å². The molecule has 21 heavy (non-hydrogen) atoms. The molecule has 2 bridgehead atoms. The molecule has 2 aliphatic heterocycles. The molecule has 2 saturated heterocycles. The first-order valence-electron chi connectivity index (χ1n) is 7.31. The summed E-state index contributed by atoms with van der Waals surface area (Å²) in [4.78, 5) is 20.5. The van der Waals surface area contributed by atoms with Gasteiger partial charge in [-0.05, 0) is 39.3 Å². The van der Waals surface area contributed by atoms with Gasteiger partial charge < -0.3 is 20.3 Å². The maximum Gasteiger partial charge on any atom is 0.410 e. The second-order valence-corrected chi connectivity index (χ2v) is 6.77. The van der Waals surface area contributed by atoms with E-state index < -0.39 is 5.60 Å². The van der Waals surface area contributed by atoms with Gasteiger partial charge in [-0.1, -0.05) is 0 Å². The molecule has 1 aromatic heterocycles. The Morgan fingerprint density at radius 1 is 1.33 bits per heavy atom. The summed E-state index contributed by atoms with van der Waals surface area (Å²) in [6.07, 6.45) is 2.59. The van der Waals surface area contributed by atoms with E-state index in [-0.39, 0.29) is 12.1 Å². The van der Waals surface area contributed by atoms with Crippen LogP contribution >= 0.6 is 0 Å². The Balaban J connectivity index is 1.66. The maximum absolute atomic E-state index is 12.2. The van der Waals surface area contributed by atoms with Crippen LogP contribution in [0.4, 0.5) is 16.3 Å². The molecule has 6 nitrogen and oxygen atoms in total. The third kappa shape index (κ3) is 2.75. The van der Waals surface area contributed by atoms with Crippen LogP contribution in [0.2, 0.25) is 0 Å². The van der Waals surface area contributed by atoms with Crippen LogP contribution in [0, 0.1) is 0 Å². The molecule has 0 radical (unpaired) electrons. The van der Waals surface area contributed by atoms with Crippen molar-refractivity contribution in [1.29, 1.82) is 0 Å². The molecule has 0 spiro atoms. The number of likely N-dealkylation sites (tertiary alicyclic amines) is 1. The van der Waals surface area contributed by atoms with E-state index in [2.05, 4.69) is 9.88 Å². The maximum atomic E-state index is 12.2. The first-order valence-corrected chi connectivity index (χ1v) is 7.31. The zero-order valence-electron chi connectivity index (χ0n) is 12.7. The Bertz CT molecular complexity index is 538. The number of hydrogen-bond acceptors (Lipinski definition) is 5. The van der Waals surface area contributed by atoms with Gasteiger partial charge in [-0.3, -0.25) is 0 Å². The third-order valence-electron chi connectivity index (χ3n) is 3.97. The van der Waals surface area contributed by atoms with Gasteiger partial charge in [0.2, 0.25) is 0 Å². The lowest BCUT2D eigenvalue weighted by molar-refractivity contribution is 0.0215. The van der Waals surface area contributed by atoms with Crippen molar-refractivity contribution in [2.75, 3.05) is 23.7 Å². The van der Waals surface area contributed by atoms with Crippen LogP contribution in [0.25, 0.3) is 0 Å². The molecule has 2 N–H and O–H groups in total. The highest BCUT2D eigenvalue weighted by Crippen LogP contribution is 2.35. The number of amides is 1. The monoisotopic (exact) mass is 290 g/mol. The number of piperazine rings is 1. The number of aromatic nitrogens is 1. The summed E-state index contributed by atoms with van der Waals surface area (Å²) in [6.45, 7) is 7.22. The molecule has 3 heterocycles. The van der Waals surface area contributed by atoms with Gasteiger partial charge >= 0.3 is 6.09 Å². The Morgan fingerprint density at radius 3 is 2.62 bits per heavy atom. The number of pyridine rings is 1. The number of carbonyl (C=O) groups excluding carboxylic acids is 1. The van der Waals surface area contributed by atoms with Gasteiger partial charge in [-0.25, -0.2) is 9.78 Å². The highest BCUT2D eigenvalue weighted by Gasteiger charge is 2.46. The van der Waals surface area contributed by atoms with E-state index in [1.807, 2.05) is 37.8 Å². The number of nitrogens with zero attached hydrogens (tertiary/aromatic N) is 3. The first-order chi connectivity index (χ1) is 9.83. The van der Waals surface area contributed by atoms with Crippen molar-refractivity contribution in [1.82, 2.24) is 9.88 Å². The van der Waals surface area contributed by atoms with Crippen molar-refractivity contribution in [2.45, 2.75) is 44.9 Å². The van der Waals surface area contributed by atoms with E-state index in [0.29, 0.717) is 18.4 Å². The minimum Gasteiger partial charge on any atom is -0.444 e. The van der Waals surface area contributed by atoms with Gasteiger partial charge in [0, 0.05) is 19.1 Å². The molecule has 6 heteroatoms. The molecule has 2 unspecified atom stereocenters. The number of carbonyl (C=O) groups is 1. The second-order valence-electron chi connectivity index (χ2n) is 6.77. The summed E-state index contributed by atoms with van der Waals surface area (Å²) in [6, 6.07) is 4.36. The van der Waals surface area contributed by atoms with Crippen LogP contribution in [-0.2, 0) is 4.74 Å². The molecule has 3 rings (SSSR count). The van der Waals surface area contributed by atoms with Crippen LogP contribution in [0.3, 0.4) is 0 Å². The average Bonchev–Trinajstić information content (AvgIpc) is 2.97. The van der Waals surface area contributed by atoms with Gasteiger partial charge in [-0.15, -0.1) is 0 Å². The molecule has 0 aliphatic carbocycles. The molecule has 114 valence electrons. The SMILES string of the molecule is CC(C)(C)OC(=O)N1CC2CC1CN2c1ccc(N)nc1. The summed E-state index contributed by atoms with van der Waals surface area (Å²) in [5.74, 6) is 0.526. The van der Waals surface area contributed by atoms with Gasteiger partial charge in [0.1, 0.15) is 11.4 Å². The number of nitrogen functional groups attached to an aromatic ring is 1. The summed E-state index contributed by atoms with van der Waals surface area (Å²) in [5, 5.41) is 0. The third-order valence-corrected chi connectivity index (χ3v) is 3.97. The molecule has 1 aromatic rings. The molecular weight excluding hydrogens is 268 g/mol. The molecule has 0 saturated carbocycles. The van der Waals surface area contributed by atoms with Gasteiger partial charge in [0.05, 0.1) is 17.9 Å². The second kappa shape index (κ2) is 4.79. The standard InChI is InChI=1S/C15H22N4O2/c1-15(2,3)21-14(20)19-9-11-6-12(19)8-18(11)10-4-5-13(16)17-7-10/h4-5,7,11-12H,6,8-9H2,1-3H3,(H2,16,17). The average molecular weight is 290 g/mol. The predicted octanol–water partition coefficient (Wildman–Crippen LogP) is 1.86. The largest absolute Gasteiger partial charge is 0.444 e. The fraction of sp³-hybridized carbons (Fsp3) is 0.600. The van der Waals surface area contributed by atoms with Crippen molar-refractivity contribution in [3.05, 3.63) is 18.3 Å². The lowest BCUT2D eigenvalue weighted by Crippen LogP contribution is -2.50. The normalized spacial score (nSPS) is 24.5. The van der Waals surface area contributed by atoms with Crippen LogP contribution in [0.15, 0.2) is 18.3 Å². The Morgan fingerprint density at radius 2 is 2.10 bits per heavy atom. The molecule has 2 aliphatic rings. The van der Waals surface area contributed by atoms with Gasteiger partial charge in [-0.2, -0.15) is 0 Å². The first kappa shape index (κ1) is 14.0. The highest BCUT2D eigenvalue weighted by atomic mass is 16.6. The van der Waals surface area contributed by atoms with E-state index in [1.165, 1.54) is 0 Å². The molecule has 2 atom stereocenters. The lowest BCUT2D eigenvalue weighted by atomic mass is 10.2. The molecule has 0 aromatic carbocycles. The van der Waals surface area contributed by atoms with Crippen molar-refractivity contribution in [2.24, 2.45) is 0 Å². The lowest BCUT2D eigenvalue weighted by Gasteiger charge is -2.36. The molecular formula is C15H22N4O2. The van der Waals surface area contributed by atoms with Crippen LogP contribution in [-0.4, -0.2) is 46.8 Å². The van der Waals surface area contributed by atoms with Gasteiger partial charge in [0.25, 0.3) is 0 Å². The van der Waals surface area contributed by atoms with E-state index in [1.54, 1.807) is 6.20 Å². The van der Waals surface area contributed by atoms with Crippen LogP contribution < -0.4 is 10.6 Å². The van der Waals surface area contributed by atoms with Crippen molar-refractivity contribution in [3.63, 3.8) is 0 Å². The zero-order valence-corrected chi connectivity index (χ0v) is 12.7. The van der Waals surface area contributed by atoms with E-state index >= 15 is 0 Å². The zero-order chi connectivity index (χ0) is 15.2. The van der Waals surface area contributed by atoms with Crippen LogP contribution in [0.1, 0.15) is 27.2 Å². The van der Waals surface area contributed by atoms with Crippen molar-refractivity contribution in [3.8, 4) is 0 Å². The fourth-order valence-corrected chi connectivity index (χ4v) is 3.09. The minimum absolute atomic E-state index is 0.204. The number of fused-ring (bicyclic) bond motifs is 2. The van der Waals surface area contributed by atoms with E-state index in [9.17, 15) is 4.79 Å². The molecule has 2 fully saturated rings. The summed E-state index contributed by atoms with van der Waals surface area (Å²) in [5.41, 5.74) is 6.25. The quantitative estimate of drug-likeness (QED) is 0.854. The summed E-state index contributed by atoms with van der Waals surface area (Å²) < 4.78 is 5.47. The summed E-state index contributed by atoms with van der Waals surface area (Å²) in [7, 11) is 0. The van der Waals surface area contributed by atoms with E-state index in [0.717, 1.165) is 18.7 Å². The molecule has 1 amide bonds. The van der Waals surface area contributed by atoms with Crippen molar-refractivity contribution >= 4 is 17.6 Å². The summed E-state index contributed by atoms with van der Waals surface area (Å²) >= 11 is 0. The van der Waals surface area contributed by atoms with E-state index in [4.69, 9.17) is 10.5 Å². The topological polar surface area (TPSA) is 71.7 Å². The number of hydrogen-bond donors (Lipinski definition) is 1. The number of anilines is 2. The highest BCUT2D eigenvalue weighted by molar-refractivity contribution is 5.70. The predicted molar refractivity (Wildman–Crippen MR) is 81.1 cm³/mol. The number of ether oxygens (including phenoxy) is 1.